The number of pyridine rings is 2. The van der Waals surface area contributed by atoms with Crippen LogP contribution in [0.4, 0.5) is 10.2 Å². The van der Waals surface area contributed by atoms with E-state index in [9.17, 15) is 24.3 Å². The predicted octanol–water partition coefficient (Wildman–Crippen LogP) is 1.87. The van der Waals surface area contributed by atoms with Crippen LogP contribution < -0.4 is 15.8 Å². The summed E-state index contributed by atoms with van der Waals surface area (Å²) in [5.74, 6) is -1.86. The Balaban J connectivity index is 2.06. The van der Waals surface area contributed by atoms with Gasteiger partial charge in [0.15, 0.2) is 0 Å². The van der Waals surface area contributed by atoms with E-state index < -0.39 is 37.8 Å². The molecule has 0 saturated heterocycles. The number of hydrogen-bond donors (Lipinski definition) is 2. The number of nitrogen functional groups attached to an aromatic ring is 1. The Morgan fingerprint density at radius 3 is 2.64 bits per heavy atom. The average molecular weight is 505 g/mol. The summed E-state index contributed by atoms with van der Waals surface area (Å²) in [6.07, 6.45) is 2.25. The molecule has 0 saturated carbocycles. The normalized spacial score (nSPS) is 12.2. The van der Waals surface area contributed by atoms with Crippen LogP contribution in [0.2, 0.25) is 0 Å². The maximum atomic E-state index is 14.0. The summed E-state index contributed by atoms with van der Waals surface area (Å²) < 4.78 is 15.1. The van der Waals surface area contributed by atoms with Gasteiger partial charge >= 0.3 is 194 Å². The molecule has 4 rings (SSSR count). The number of benzene rings is 1. The molecule has 0 spiro atoms. The molecule has 33 heavy (non-hydrogen) atoms. The van der Waals surface area contributed by atoms with Crippen LogP contribution in [-0.2, 0) is 0 Å². The first-order valence-electron chi connectivity index (χ1n) is 9.77. The third-order valence-corrected chi connectivity index (χ3v) is 8.07. The molecule has 10 heteroatoms. The van der Waals surface area contributed by atoms with Crippen molar-refractivity contribution in [2.24, 2.45) is 0 Å². The zero-order valence-electron chi connectivity index (χ0n) is 17.3. The van der Waals surface area contributed by atoms with Crippen LogP contribution >= 0.6 is 0 Å². The minimum absolute atomic E-state index is 0.0502. The SMILES string of the molecule is CC([AsH]c1ncnc(N)c1C#N)c1c(-c2ccccc2)c(=O)n2cc(F)ccc2c1C(=O)O. The molecular formula is C23H17AsFN5O3. The number of aromatic nitrogens is 3. The maximum absolute atomic E-state index is 14.0. The van der Waals surface area contributed by atoms with Gasteiger partial charge in [-0.3, -0.25) is 0 Å². The monoisotopic (exact) mass is 505 g/mol. The first-order chi connectivity index (χ1) is 15.8. The fourth-order valence-corrected chi connectivity index (χ4v) is 6.52. The Labute approximate surface area is 193 Å². The van der Waals surface area contributed by atoms with E-state index >= 15 is 0 Å². The molecule has 0 amide bonds. The molecule has 2 unspecified atom stereocenters. The molecular weight excluding hydrogens is 488 g/mol. The molecule has 4 aromatic rings. The number of carbonyl (C=O) groups is 1. The number of rotatable bonds is 5. The molecule has 0 fully saturated rings. The van der Waals surface area contributed by atoms with Gasteiger partial charge in [0.1, 0.15) is 0 Å². The van der Waals surface area contributed by atoms with E-state index in [1.165, 1.54) is 12.4 Å². The van der Waals surface area contributed by atoms with E-state index in [2.05, 4.69) is 9.97 Å². The van der Waals surface area contributed by atoms with Crippen molar-refractivity contribution in [3.05, 3.63) is 87.9 Å². The van der Waals surface area contributed by atoms with Crippen molar-refractivity contribution in [1.82, 2.24) is 14.4 Å². The number of aromatic carboxylic acids is 1. The van der Waals surface area contributed by atoms with Crippen LogP contribution in [0.1, 0.15) is 33.1 Å². The second kappa shape index (κ2) is 8.85. The van der Waals surface area contributed by atoms with E-state index in [-0.39, 0.29) is 28.0 Å². The first-order valence-corrected chi connectivity index (χ1v) is 12.0. The van der Waals surface area contributed by atoms with E-state index in [1.807, 2.05) is 6.07 Å². The molecule has 164 valence electrons. The number of carboxylic acids is 1. The van der Waals surface area contributed by atoms with Crippen LogP contribution in [-0.4, -0.2) is 41.2 Å². The second-order valence-corrected chi connectivity index (χ2v) is 10.6. The Bertz CT molecular complexity index is 1500. The molecule has 0 bridgehead atoms. The van der Waals surface area contributed by atoms with Gasteiger partial charge in [0.05, 0.1) is 0 Å². The molecule has 3 aromatic heterocycles. The summed E-state index contributed by atoms with van der Waals surface area (Å²) in [6.45, 7) is 1.80. The van der Waals surface area contributed by atoms with Crippen molar-refractivity contribution < 1.29 is 14.3 Å². The molecule has 2 atom stereocenters. The van der Waals surface area contributed by atoms with Gasteiger partial charge in [-0.1, -0.05) is 0 Å². The minimum atomic E-state index is -1.30. The summed E-state index contributed by atoms with van der Waals surface area (Å²) in [7, 11) is 0. The number of nitriles is 1. The van der Waals surface area contributed by atoms with Gasteiger partial charge in [0.25, 0.3) is 0 Å². The van der Waals surface area contributed by atoms with Crippen molar-refractivity contribution in [2.45, 2.75) is 11.6 Å². The number of nitrogens with zero attached hydrogens (tertiary/aromatic N) is 4. The Kier molecular flexibility index (Phi) is 5.95. The van der Waals surface area contributed by atoms with E-state index in [1.54, 1.807) is 37.3 Å². The third kappa shape index (κ3) is 3.97. The van der Waals surface area contributed by atoms with Crippen molar-refractivity contribution in [3.63, 3.8) is 0 Å². The Morgan fingerprint density at radius 1 is 1.24 bits per heavy atom. The van der Waals surface area contributed by atoms with Crippen molar-refractivity contribution in [2.75, 3.05) is 5.73 Å². The molecule has 0 aliphatic heterocycles. The number of carboxylic acid groups (broad SMARTS) is 1. The molecule has 0 aliphatic rings. The van der Waals surface area contributed by atoms with Gasteiger partial charge in [-0.15, -0.1) is 0 Å². The van der Waals surface area contributed by atoms with Crippen LogP contribution in [0.15, 0.2) is 59.8 Å². The number of hydrogen-bond acceptors (Lipinski definition) is 6. The zero-order chi connectivity index (χ0) is 23.7. The number of anilines is 1. The fourth-order valence-electron chi connectivity index (χ4n) is 3.78. The summed E-state index contributed by atoms with van der Waals surface area (Å²) in [5.41, 5.74) is 6.45. The number of fused-ring (bicyclic) bond motifs is 1. The molecule has 3 heterocycles. The van der Waals surface area contributed by atoms with E-state index in [4.69, 9.17) is 5.73 Å². The van der Waals surface area contributed by atoms with E-state index in [0.29, 0.717) is 15.6 Å². The average Bonchev–Trinajstić information content (AvgIpc) is 2.79. The fraction of sp³-hybridized carbons (Fsp3) is 0.0870. The summed E-state index contributed by atoms with van der Waals surface area (Å²) in [5, 5.41) is 19.7. The predicted molar refractivity (Wildman–Crippen MR) is 122 cm³/mol. The number of nitrogens with two attached hydrogens (primary N) is 1. The summed E-state index contributed by atoms with van der Waals surface area (Å²) in [4.78, 5) is 34.0. The number of halogens is 1. The van der Waals surface area contributed by atoms with Gasteiger partial charge in [-0.2, -0.15) is 0 Å². The molecule has 3 N–H and O–H groups in total. The van der Waals surface area contributed by atoms with Gasteiger partial charge in [-0.05, 0) is 0 Å². The van der Waals surface area contributed by atoms with Gasteiger partial charge in [0, 0.05) is 0 Å². The summed E-state index contributed by atoms with van der Waals surface area (Å²) >= 11 is -1.30. The second-order valence-electron chi connectivity index (χ2n) is 7.20. The standard InChI is InChI=1S/C23H17AsFN5O3/c1-12(24-20-15(9-26)21(27)29-11-28-20)17-18(13-5-3-2-4-6-13)22(31)30-10-14(25)7-8-16(30)19(17)23(32)33/h2-8,10-12,24H,1H3,(H,32,33)(H2,27,28,29). The Hall–Kier alpha value is -4.02. The van der Waals surface area contributed by atoms with Gasteiger partial charge in [-0.25, -0.2) is 0 Å². The van der Waals surface area contributed by atoms with E-state index in [0.717, 1.165) is 16.7 Å². The molecule has 1 aromatic carbocycles. The van der Waals surface area contributed by atoms with Crippen molar-refractivity contribution >= 4 is 37.5 Å². The van der Waals surface area contributed by atoms with Crippen LogP contribution in [0, 0.1) is 17.1 Å². The molecule has 0 aliphatic carbocycles. The van der Waals surface area contributed by atoms with Crippen LogP contribution in [0.25, 0.3) is 16.6 Å². The van der Waals surface area contributed by atoms with Gasteiger partial charge in [0.2, 0.25) is 0 Å². The van der Waals surface area contributed by atoms with Crippen molar-refractivity contribution in [3.8, 4) is 17.2 Å². The zero-order valence-corrected chi connectivity index (χ0v) is 19.4. The summed E-state index contributed by atoms with van der Waals surface area (Å²) in [6, 6.07) is 13.1. The molecule has 8 nitrogen and oxygen atoms in total. The topological polar surface area (TPSA) is 134 Å². The first kappa shape index (κ1) is 22.2. The van der Waals surface area contributed by atoms with Gasteiger partial charge < -0.3 is 0 Å². The quantitative estimate of drug-likeness (QED) is 0.396. The molecule has 0 radical (unpaired) electrons. The third-order valence-electron chi connectivity index (χ3n) is 5.19. The van der Waals surface area contributed by atoms with Crippen molar-refractivity contribution in [1.29, 1.82) is 5.26 Å². The Morgan fingerprint density at radius 2 is 1.97 bits per heavy atom. The van der Waals surface area contributed by atoms with Crippen LogP contribution in [0.3, 0.4) is 0 Å². The van der Waals surface area contributed by atoms with Crippen LogP contribution in [0.5, 0.6) is 0 Å².